The minimum Gasteiger partial charge on any atom is -0.396 e. The molecule has 1 aromatic rings. The van der Waals surface area contributed by atoms with Gasteiger partial charge in [-0.15, -0.1) is 0 Å². The lowest BCUT2D eigenvalue weighted by Crippen LogP contribution is -2.41. The Balaban J connectivity index is 2.64. The van der Waals surface area contributed by atoms with E-state index >= 15 is 0 Å². The second-order valence-electron chi connectivity index (χ2n) is 4.88. The molecule has 0 aliphatic rings. The first-order valence-electron chi connectivity index (χ1n) is 6.37. The molecule has 0 aliphatic carbocycles. The van der Waals surface area contributed by atoms with Gasteiger partial charge in [0.2, 0.25) is 5.91 Å². The average Bonchev–Trinajstić information content (AvgIpc) is 2.38. The fraction of sp³-hybridized carbons (Fsp3) is 0.571. The van der Waals surface area contributed by atoms with Crippen molar-refractivity contribution in [2.45, 2.75) is 39.2 Å². The molecule has 2 unspecified atom stereocenters. The van der Waals surface area contributed by atoms with Crippen molar-refractivity contribution in [2.75, 3.05) is 6.61 Å². The largest absolute Gasteiger partial charge is 0.396 e. The first kappa shape index (κ1) is 14.6. The molecular weight excluding hydrogens is 228 g/mol. The van der Waals surface area contributed by atoms with Gasteiger partial charge in [-0.3, -0.25) is 9.78 Å². The number of hydrogen-bond donors (Lipinski definition) is 2. The first-order valence-corrected chi connectivity index (χ1v) is 6.37. The van der Waals surface area contributed by atoms with E-state index in [0.717, 1.165) is 5.56 Å². The average molecular weight is 250 g/mol. The Bertz CT molecular complexity index is 365. The van der Waals surface area contributed by atoms with Gasteiger partial charge in [0.15, 0.2) is 0 Å². The molecule has 1 aromatic heterocycles. The number of hydrogen-bond acceptors (Lipinski definition) is 3. The molecule has 1 heterocycles. The van der Waals surface area contributed by atoms with Crippen LogP contribution in [0.1, 0.15) is 38.7 Å². The van der Waals surface area contributed by atoms with Crippen molar-refractivity contribution in [3.63, 3.8) is 0 Å². The summed E-state index contributed by atoms with van der Waals surface area (Å²) in [6.45, 7) is 6.03. The SMILES string of the molecule is CC(C(=O)NC(CCO)C(C)C)c1cccnc1. The number of aliphatic hydroxyl groups excluding tert-OH is 1. The van der Waals surface area contributed by atoms with Crippen molar-refractivity contribution in [2.24, 2.45) is 5.92 Å². The van der Waals surface area contributed by atoms with Gasteiger partial charge >= 0.3 is 0 Å². The fourth-order valence-corrected chi connectivity index (χ4v) is 1.80. The van der Waals surface area contributed by atoms with E-state index in [0.29, 0.717) is 12.3 Å². The van der Waals surface area contributed by atoms with Crippen LogP contribution in [0.15, 0.2) is 24.5 Å². The molecule has 0 aliphatic heterocycles. The first-order chi connectivity index (χ1) is 8.56. The van der Waals surface area contributed by atoms with Gasteiger partial charge in [-0.25, -0.2) is 0 Å². The molecular formula is C14H22N2O2. The van der Waals surface area contributed by atoms with E-state index in [1.807, 2.05) is 32.9 Å². The van der Waals surface area contributed by atoms with Crippen molar-refractivity contribution >= 4 is 5.91 Å². The summed E-state index contributed by atoms with van der Waals surface area (Å²) in [5.41, 5.74) is 0.904. The Morgan fingerprint density at radius 3 is 2.67 bits per heavy atom. The summed E-state index contributed by atoms with van der Waals surface area (Å²) < 4.78 is 0. The Kier molecular flexibility index (Phi) is 5.78. The van der Waals surface area contributed by atoms with Crippen molar-refractivity contribution in [3.8, 4) is 0 Å². The van der Waals surface area contributed by atoms with Gasteiger partial charge < -0.3 is 10.4 Å². The Morgan fingerprint density at radius 1 is 1.44 bits per heavy atom. The number of nitrogens with zero attached hydrogens (tertiary/aromatic N) is 1. The summed E-state index contributed by atoms with van der Waals surface area (Å²) in [6, 6.07) is 3.74. The third-order valence-corrected chi connectivity index (χ3v) is 3.15. The molecule has 4 nitrogen and oxygen atoms in total. The van der Waals surface area contributed by atoms with Gasteiger partial charge in [-0.05, 0) is 30.9 Å². The quantitative estimate of drug-likeness (QED) is 0.808. The Labute approximate surface area is 108 Å². The van der Waals surface area contributed by atoms with Crippen molar-refractivity contribution in [3.05, 3.63) is 30.1 Å². The molecule has 4 heteroatoms. The lowest BCUT2D eigenvalue weighted by molar-refractivity contribution is -0.123. The van der Waals surface area contributed by atoms with Crippen LogP contribution in [0.3, 0.4) is 0 Å². The van der Waals surface area contributed by atoms with Crippen LogP contribution < -0.4 is 5.32 Å². The van der Waals surface area contributed by atoms with Crippen LogP contribution in [0.4, 0.5) is 0 Å². The second-order valence-corrected chi connectivity index (χ2v) is 4.88. The topological polar surface area (TPSA) is 62.2 Å². The monoisotopic (exact) mass is 250 g/mol. The number of aliphatic hydroxyl groups is 1. The van der Waals surface area contributed by atoms with Gasteiger partial charge in [0.05, 0.1) is 5.92 Å². The highest BCUT2D eigenvalue weighted by molar-refractivity contribution is 5.83. The van der Waals surface area contributed by atoms with Gasteiger partial charge in [0.25, 0.3) is 0 Å². The number of rotatable bonds is 6. The lowest BCUT2D eigenvalue weighted by atomic mass is 9.98. The summed E-state index contributed by atoms with van der Waals surface area (Å²) >= 11 is 0. The predicted molar refractivity (Wildman–Crippen MR) is 71.1 cm³/mol. The molecule has 0 saturated heterocycles. The molecule has 0 saturated carbocycles. The van der Waals surface area contributed by atoms with E-state index in [2.05, 4.69) is 10.3 Å². The molecule has 0 fully saturated rings. The molecule has 0 radical (unpaired) electrons. The van der Waals surface area contributed by atoms with Gasteiger partial charge in [0, 0.05) is 25.0 Å². The van der Waals surface area contributed by atoms with Crippen LogP contribution in [-0.2, 0) is 4.79 Å². The fourth-order valence-electron chi connectivity index (χ4n) is 1.80. The number of aromatic nitrogens is 1. The molecule has 0 spiro atoms. The van der Waals surface area contributed by atoms with E-state index in [1.165, 1.54) is 0 Å². The van der Waals surface area contributed by atoms with Crippen LogP contribution in [0, 0.1) is 5.92 Å². The molecule has 1 rings (SSSR count). The highest BCUT2D eigenvalue weighted by Crippen LogP contribution is 2.15. The molecule has 2 N–H and O–H groups in total. The minimum absolute atomic E-state index is 0.0154. The highest BCUT2D eigenvalue weighted by atomic mass is 16.3. The van der Waals surface area contributed by atoms with Crippen LogP contribution in [0.5, 0.6) is 0 Å². The second kappa shape index (κ2) is 7.11. The summed E-state index contributed by atoms with van der Waals surface area (Å²) in [6.07, 6.45) is 3.99. The van der Waals surface area contributed by atoms with Gasteiger partial charge in [-0.1, -0.05) is 19.9 Å². The van der Waals surface area contributed by atoms with Crippen LogP contribution in [0.2, 0.25) is 0 Å². The Morgan fingerprint density at radius 2 is 2.17 bits per heavy atom. The molecule has 2 atom stereocenters. The van der Waals surface area contributed by atoms with Crippen LogP contribution >= 0.6 is 0 Å². The summed E-state index contributed by atoms with van der Waals surface area (Å²) in [5, 5.41) is 12.0. The van der Waals surface area contributed by atoms with E-state index in [-0.39, 0.29) is 24.5 Å². The number of carbonyl (C=O) groups excluding carboxylic acids is 1. The summed E-state index contributed by atoms with van der Waals surface area (Å²) in [7, 11) is 0. The number of amides is 1. The number of nitrogens with one attached hydrogen (secondary N) is 1. The molecule has 100 valence electrons. The summed E-state index contributed by atoms with van der Waals surface area (Å²) in [5.74, 6) is 0.0657. The van der Waals surface area contributed by atoms with E-state index in [4.69, 9.17) is 5.11 Å². The third-order valence-electron chi connectivity index (χ3n) is 3.15. The normalized spacial score (nSPS) is 14.3. The standard InChI is InChI=1S/C14H22N2O2/c1-10(2)13(6-8-17)16-14(18)11(3)12-5-4-7-15-9-12/h4-5,7,9-11,13,17H,6,8H2,1-3H3,(H,16,18). The lowest BCUT2D eigenvalue weighted by Gasteiger charge is -2.23. The molecule has 0 aromatic carbocycles. The zero-order valence-electron chi connectivity index (χ0n) is 11.3. The maximum Gasteiger partial charge on any atom is 0.227 e. The maximum absolute atomic E-state index is 12.1. The minimum atomic E-state index is -0.223. The third kappa shape index (κ3) is 4.11. The maximum atomic E-state index is 12.1. The molecule has 0 bridgehead atoms. The van der Waals surface area contributed by atoms with Crippen LogP contribution in [-0.4, -0.2) is 28.6 Å². The molecule has 18 heavy (non-hydrogen) atoms. The van der Waals surface area contributed by atoms with Gasteiger partial charge in [-0.2, -0.15) is 0 Å². The van der Waals surface area contributed by atoms with E-state index in [1.54, 1.807) is 12.4 Å². The van der Waals surface area contributed by atoms with Crippen LogP contribution in [0.25, 0.3) is 0 Å². The Hall–Kier alpha value is -1.42. The highest BCUT2D eigenvalue weighted by Gasteiger charge is 2.20. The summed E-state index contributed by atoms with van der Waals surface area (Å²) in [4.78, 5) is 16.1. The van der Waals surface area contributed by atoms with Crippen molar-refractivity contribution < 1.29 is 9.90 Å². The number of pyridine rings is 1. The number of carbonyl (C=O) groups is 1. The van der Waals surface area contributed by atoms with E-state index < -0.39 is 0 Å². The van der Waals surface area contributed by atoms with Gasteiger partial charge in [0.1, 0.15) is 0 Å². The van der Waals surface area contributed by atoms with E-state index in [9.17, 15) is 4.79 Å². The van der Waals surface area contributed by atoms with Crippen molar-refractivity contribution in [1.29, 1.82) is 0 Å². The smallest absolute Gasteiger partial charge is 0.227 e. The zero-order valence-corrected chi connectivity index (χ0v) is 11.3. The molecule has 1 amide bonds. The van der Waals surface area contributed by atoms with Crippen molar-refractivity contribution in [1.82, 2.24) is 10.3 Å². The predicted octanol–water partition coefficient (Wildman–Crippen LogP) is 1.71. The zero-order chi connectivity index (χ0) is 13.5.